The van der Waals surface area contributed by atoms with Gasteiger partial charge >= 0.3 is 0 Å². The topological polar surface area (TPSA) is 42.2 Å². The average Bonchev–Trinajstić information content (AvgIpc) is 2.74. The first kappa shape index (κ1) is 10.6. The minimum Gasteiger partial charge on any atom is -0.428 e. The third kappa shape index (κ3) is 3.02. The summed E-state index contributed by atoms with van der Waals surface area (Å²) in [6, 6.07) is 0.751. The monoisotopic (exact) mass is 209 g/mol. The molecule has 4 nitrogen and oxygen atoms in total. The fourth-order valence-corrected chi connectivity index (χ4v) is 2.23. The summed E-state index contributed by atoms with van der Waals surface area (Å²) < 4.78 is 5.11. The van der Waals surface area contributed by atoms with Gasteiger partial charge in [0.1, 0.15) is 0 Å². The molecular formula is C11H19N3O. The first-order valence-corrected chi connectivity index (χ1v) is 5.85. The Morgan fingerprint density at radius 1 is 1.53 bits per heavy atom. The van der Waals surface area contributed by atoms with Crippen LogP contribution in [0, 0.1) is 0 Å². The van der Waals surface area contributed by atoms with Gasteiger partial charge in [-0.3, -0.25) is 0 Å². The fourth-order valence-electron chi connectivity index (χ4n) is 2.23. The van der Waals surface area contributed by atoms with Crippen LogP contribution in [-0.4, -0.2) is 34.2 Å². The Kier molecular flexibility index (Phi) is 3.72. The third-order valence-corrected chi connectivity index (χ3v) is 3.18. The normalized spacial score (nSPS) is 23.1. The van der Waals surface area contributed by atoms with Crippen molar-refractivity contribution < 1.29 is 4.42 Å². The zero-order valence-corrected chi connectivity index (χ0v) is 9.35. The number of rotatable bonds is 4. The minimum atomic E-state index is 0.751. The molecule has 1 atom stereocenters. The number of piperidine rings is 1. The zero-order valence-electron chi connectivity index (χ0n) is 9.35. The van der Waals surface area contributed by atoms with E-state index in [1.165, 1.54) is 32.2 Å². The first-order valence-electron chi connectivity index (χ1n) is 5.85. The maximum atomic E-state index is 5.11. The van der Waals surface area contributed by atoms with E-state index in [4.69, 9.17) is 4.42 Å². The number of nitrogens with zero attached hydrogens (tertiary/aromatic N) is 3. The zero-order chi connectivity index (χ0) is 10.5. The number of likely N-dealkylation sites (tertiary alicyclic amines) is 1. The molecule has 2 rings (SSSR count). The van der Waals surface area contributed by atoms with E-state index in [1.807, 2.05) is 0 Å². The smallest absolute Gasteiger partial charge is 0.216 e. The van der Waals surface area contributed by atoms with Gasteiger partial charge in [0.05, 0.1) is 0 Å². The lowest BCUT2D eigenvalue weighted by Crippen LogP contribution is -2.38. The maximum absolute atomic E-state index is 5.11. The molecule has 15 heavy (non-hydrogen) atoms. The van der Waals surface area contributed by atoms with Gasteiger partial charge in [0, 0.05) is 12.5 Å². The number of aryl methyl sites for hydroxylation is 1. The number of hydrogen-bond donors (Lipinski definition) is 0. The molecule has 0 aliphatic carbocycles. The molecule has 0 amide bonds. The van der Waals surface area contributed by atoms with Gasteiger partial charge in [-0.15, -0.1) is 10.2 Å². The Hall–Kier alpha value is -0.900. The van der Waals surface area contributed by atoms with Crippen molar-refractivity contribution in [3.8, 4) is 0 Å². The van der Waals surface area contributed by atoms with Gasteiger partial charge < -0.3 is 9.32 Å². The highest BCUT2D eigenvalue weighted by molar-refractivity contribution is 4.76. The predicted molar refractivity (Wildman–Crippen MR) is 57.5 cm³/mol. The highest BCUT2D eigenvalue weighted by atomic mass is 16.4. The summed E-state index contributed by atoms with van der Waals surface area (Å²) in [7, 11) is 0. The standard InChI is InChI=1S/C11H19N3O/c1-10-5-2-3-7-14(10)8-4-6-11-13-12-9-15-11/h9-10H,2-8H2,1H3. The number of aromatic nitrogens is 2. The van der Waals surface area contributed by atoms with Gasteiger partial charge in [0.25, 0.3) is 0 Å². The van der Waals surface area contributed by atoms with Crippen LogP contribution in [-0.2, 0) is 6.42 Å². The van der Waals surface area contributed by atoms with Crippen molar-refractivity contribution in [1.82, 2.24) is 15.1 Å². The van der Waals surface area contributed by atoms with Gasteiger partial charge in [-0.05, 0) is 39.3 Å². The molecule has 1 aliphatic rings. The van der Waals surface area contributed by atoms with E-state index in [2.05, 4.69) is 22.0 Å². The van der Waals surface area contributed by atoms with Crippen LogP contribution in [0.5, 0.6) is 0 Å². The Labute approximate surface area is 90.7 Å². The van der Waals surface area contributed by atoms with Crippen LogP contribution in [0.25, 0.3) is 0 Å². The van der Waals surface area contributed by atoms with Crippen LogP contribution in [0.4, 0.5) is 0 Å². The van der Waals surface area contributed by atoms with Crippen LogP contribution in [0.3, 0.4) is 0 Å². The molecule has 84 valence electrons. The molecule has 0 bridgehead atoms. The van der Waals surface area contributed by atoms with Crippen molar-refractivity contribution in [3.05, 3.63) is 12.3 Å². The van der Waals surface area contributed by atoms with Crippen LogP contribution in [0.15, 0.2) is 10.8 Å². The first-order chi connectivity index (χ1) is 7.36. The van der Waals surface area contributed by atoms with E-state index in [-0.39, 0.29) is 0 Å². The molecule has 2 heterocycles. The second-order valence-corrected chi connectivity index (χ2v) is 4.32. The van der Waals surface area contributed by atoms with E-state index < -0.39 is 0 Å². The van der Waals surface area contributed by atoms with Gasteiger partial charge in [-0.1, -0.05) is 6.42 Å². The Balaban J connectivity index is 1.68. The van der Waals surface area contributed by atoms with E-state index in [0.29, 0.717) is 0 Å². The molecule has 0 spiro atoms. The van der Waals surface area contributed by atoms with Gasteiger partial charge in [-0.25, -0.2) is 0 Å². The average molecular weight is 209 g/mol. The molecule has 1 aromatic rings. The Bertz CT molecular complexity index is 273. The van der Waals surface area contributed by atoms with Crippen molar-refractivity contribution in [2.75, 3.05) is 13.1 Å². The van der Waals surface area contributed by atoms with Crippen LogP contribution < -0.4 is 0 Å². The molecule has 0 N–H and O–H groups in total. The maximum Gasteiger partial charge on any atom is 0.216 e. The molecule has 0 aromatic carbocycles. The van der Waals surface area contributed by atoms with E-state index >= 15 is 0 Å². The molecule has 1 aliphatic heterocycles. The summed E-state index contributed by atoms with van der Waals surface area (Å²) >= 11 is 0. The lowest BCUT2D eigenvalue weighted by Gasteiger charge is -2.33. The summed E-state index contributed by atoms with van der Waals surface area (Å²) in [6.07, 6.45) is 7.52. The van der Waals surface area contributed by atoms with E-state index in [1.54, 1.807) is 0 Å². The van der Waals surface area contributed by atoms with E-state index in [9.17, 15) is 0 Å². The van der Waals surface area contributed by atoms with Crippen molar-refractivity contribution in [3.63, 3.8) is 0 Å². The predicted octanol–water partition coefficient (Wildman–Crippen LogP) is 1.88. The van der Waals surface area contributed by atoms with Crippen molar-refractivity contribution in [2.24, 2.45) is 0 Å². The minimum absolute atomic E-state index is 0.751. The van der Waals surface area contributed by atoms with Crippen LogP contribution in [0.1, 0.15) is 38.5 Å². The van der Waals surface area contributed by atoms with Gasteiger partial charge in [-0.2, -0.15) is 0 Å². The summed E-state index contributed by atoms with van der Waals surface area (Å²) in [5.74, 6) is 0.764. The molecule has 0 radical (unpaired) electrons. The quantitative estimate of drug-likeness (QED) is 0.759. The SMILES string of the molecule is CC1CCCCN1CCCc1nnco1. The Morgan fingerprint density at radius 3 is 3.20 bits per heavy atom. The summed E-state index contributed by atoms with van der Waals surface area (Å²) in [5, 5.41) is 7.56. The highest BCUT2D eigenvalue weighted by Crippen LogP contribution is 2.16. The van der Waals surface area contributed by atoms with Crippen LogP contribution in [0.2, 0.25) is 0 Å². The lowest BCUT2D eigenvalue weighted by molar-refractivity contribution is 0.158. The third-order valence-electron chi connectivity index (χ3n) is 3.18. The number of hydrogen-bond acceptors (Lipinski definition) is 4. The summed E-state index contributed by atoms with van der Waals surface area (Å²) in [5.41, 5.74) is 0. The second kappa shape index (κ2) is 5.26. The van der Waals surface area contributed by atoms with Crippen molar-refractivity contribution >= 4 is 0 Å². The Morgan fingerprint density at radius 2 is 2.47 bits per heavy atom. The van der Waals surface area contributed by atoms with Gasteiger partial charge in [0.15, 0.2) is 0 Å². The van der Waals surface area contributed by atoms with Crippen molar-refractivity contribution in [1.29, 1.82) is 0 Å². The molecular weight excluding hydrogens is 190 g/mol. The molecule has 1 aromatic heterocycles. The largest absolute Gasteiger partial charge is 0.428 e. The highest BCUT2D eigenvalue weighted by Gasteiger charge is 2.17. The molecule has 0 saturated carbocycles. The van der Waals surface area contributed by atoms with E-state index in [0.717, 1.165) is 31.3 Å². The summed E-state index contributed by atoms with van der Waals surface area (Å²) in [4.78, 5) is 2.57. The van der Waals surface area contributed by atoms with Crippen LogP contribution >= 0.6 is 0 Å². The van der Waals surface area contributed by atoms with Crippen molar-refractivity contribution in [2.45, 2.75) is 45.1 Å². The fraction of sp³-hybridized carbons (Fsp3) is 0.818. The second-order valence-electron chi connectivity index (χ2n) is 4.32. The molecule has 4 heteroatoms. The van der Waals surface area contributed by atoms with Gasteiger partial charge in [0.2, 0.25) is 12.3 Å². The summed E-state index contributed by atoms with van der Waals surface area (Å²) in [6.45, 7) is 4.74. The molecule has 1 saturated heterocycles. The molecule has 1 fully saturated rings. The lowest BCUT2D eigenvalue weighted by atomic mass is 10.0. The molecule has 1 unspecified atom stereocenters.